The van der Waals surface area contributed by atoms with E-state index in [0.717, 1.165) is 38.2 Å². The molecule has 1 heterocycles. The van der Waals surface area contributed by atoms with Crippen LogP contribution in [-0.4, -0.2) is 56.9 Å². The van der Waals surface area contributed by atoms with E-state index < -0.39 is 0 Å². The first kappa shape index (κ1) is 23.4. The van der Waals surface area contributed by atoms with Crippen molar-refractivity contribution in [1.29, 1.82) is 0 Å². The monoisotopic (exact) mass is 446 g/mol. The highest BCUT2D eigenvalue weighted by Gasteiger charge is 2.21. The Bertz CT molecular complexity index is 836. The maximum Gasteiger partial charge on any atom is 0.251 e. The van der Waals surface area contributed by atoms with Crippen LogP contribution in [0.15, 0.2) is 42.5 Å². The molecule has 1 amide bonds. The van der Waals surface area contributed by atoms with Gasteiger partial charge in [-0.3, -0.25) is 9.69 Å². The fourth-order valence-corrected chi connectivity index (χ4v) is 3.81. The average molecular weight is 447 g/mol. The Hall–Kier alpha value is -2.28. The summed E-state index contributed by atoms with van der Waals surface area (Å²) in [6, 6.07) is 13.5. The Labute approximate surface area is 189 Å². The summed E-state index contributed by atoms with van der Waals surface area (Å²) in [6.07, 6.45) is 2.00. The van der Waals surface area contributed by atoms with Crippen LogP contribution in [0, 0.1) is 0 Å². The number of ether oxygens (including phenoxy) is 3. The summed E-state index contributed by atoms with van der Waals surface area (Å²) < 4.78 is 16.6. The molecule has 1 saturated heterocycles. The topological polar surface area (TPSA) is 60.0 Å². The van der Waals surface area contributed by atoms with Crippen LogP contribution in [0.4, 0.5) is 0 Å². The molecular formula is C24H31ClN2O4. The maximum absolute atomic E-state index is 12.1. The minimum Gasteiger partial charge on any atom is -0.494 e. The molecule has 1 N–H and O–H groups in total. The van der Waals surface area contributed by atoms with E-state index in [0.29, 0.717) is 36.1 Å². The lowest BCUT2D eigenvalue weighted by atomic mass is 10.1. The number of hydrogen-bond acceptors (Lipinski definition) is 5. The Balaban J connectivity index is 1.46. The van der Waals surface area contributed by atoms with Crippen LogP contribution >= 0.6 is 11.6 Å². The minimum atomic E-state index is -0.173. The predicted molar refractivity (Wildman–Crippen MR) is 122 cm³/mol. The molecule has 168 valence electrons. The lowest BCUT2D eigenvalue weighted by Gasteiger charge is -2.32. The summed E-state index contributed by atoms with van der Waals surface area (Å²) in [4.78, 5) is 14.6. The highest BCUT2D eigenvalue weighted by molar-refractivity contribution is 6.32. The van der Waals surface area contributed by atoms with Crippen LogP contribution in [0.1, 0.15) is 35.7 Å². The van der Waals surface area contributed by atoms with Crippen LogP contribution < -0.4 is 14.8 Å². The van der Waals surface area contributed by atoms with Crippen molar-refractivity contribution in [3.05, 3.63) is 58.6 Å². The van der Waals surface area contributed by atoms with Crippen molar-refractivity contribution in [2.24, 2.45) is 0 Å². The van der Waals surface area contributed by atoms with Gasteiger partial charge in [-0.05, 0) is 55.7 Å². The molecule has 0 aliphatic carbocycles. The number of piperidine rings is 1. The lowest BCUT2D eigenvalue weighted by Crippen LogP contribution is -2.37. The zero-order chi connectivity index (χ0) is 22.1. The largest absolute Gasteiger partial charge is 0.494 e. The zero-order valence-corrected chi connectivity index (χ0v) is 19.0. The molecule has 1 aliphatic rings. The number of carbonyl (C=O) groups is 1. The number of nitrogens with zero attached hydrogens (tertiary/aromatic N) is 1. The van der Waals surface area contributed by atoms with Crippen molar-refractivity contribution in [3.8, 4) is 11.5 Å². The number of carbonyl (C=O) groups excluding carboxylic acids is 1. The van der Waals surface area contributed by atoms with E-state index in [-0.39, 0.29) is 12.0 Å². The number of likely N-dealkylation sites (tertiary alicyclic amines) is 1. The van der Waals surface area contributed by atoms with Crippen LogP contribution in [0.25, 0.3) is 0 Å². The maximum atomic E-state index is 12.1. The average Bonchev–Trinajstić information content (AvgIpc) is 2.78. The smallest absolute Gasteiger partial charge is 0.251 e. The summed E-state index contributed by atoms with van der Waals surface area (Å²) in [5.74, 6) is 1.36. The van der Waals surface area contributed by atoms with Crippen LogP contribution in [0.2, 0.25) is 5.02 Å². The molecule has 31 heavy (non-hydrogen) atoms. The Morgan fingerprint density at radius 3 is 2.55 bits per heavy atom. The van der Waals surface area contributed by atoms with E-state index in [9.17, 15) is 4.79 Å². The number of rotatable bonds is 10. The van der Waals surface area contributed by atoms with Crippen molar-refractivity contribution >= 4 is 17.5 Å². The zero-order valence-electron chi connectivity index (χ0n) is 18.2. The van der Waals surface area contributed by atoms with Gasteiger partial charge >= 0.3 is 0 Å². The molecule has 2 aromatic carbocycles. The first-order valence-corrected chi connectivity index (χ1v) is 11.1. The predicted octanol–water partition coefficient (Wildman–Crippen LogP) is 4.16. The standard InChI is InChI=1S/C24H31ClN2O4/c1-3-30-20-7-4-18(5-8-20)17-27-13-10-21(11-14-27)31-23-9-6-19(16-22(23)25)24(28)26-12-15-29-2/h4-9,16,21H,3,10-15,17H2,1-2H3,(H,26,28). The second-order valence-electron chi connectivity index (χ2n) is 7.56. The van der Waals surface area contributed by atoms with Crippen molar-refractivity contribution in [1.82, 2.24) is 10.2 Å². The second kappa shape index (κ2) is 11.9. The van der Waals surface area contributed by atoms with Crippen molar-refractivity contribution in [2.75, 3.05) is 40.0 Å². The third-order valence-electron chi connectivity index (χ3n) is 5.25. The number of benzene rings is 2. The lowest BCUT2D eigenvalue weighted by molar-refractivity contribution is 0.0935. The van der Waals surface area contributed by atoms with Gasteiger partial charge in [0.15, 0.2) is 0 Å². The van der Waals surface area contributed by atoms with Gasteiger partial charge in [-0.15, -0.1) is 0 Å². The molecule has 7 heteroatoms. The van der Waals surface area contributed by atoms with Gasteiger partial charge in [0.05, 0.1) is 18.2 Å². The minimum absolute atomic E-state index is 0.121. The molecule has 0 unspecified atom stereocenters. The molecule has 3 rings (SSSR count). The van der Waals surface area contributed by atoms with Crippen molar-refractivity contribution in [3.63, 3.8) is 0 Å². The van der Waals surface area contributed by atoms with E-state index in [2.05, 4.69) is 22.3 Å². The fraction of sp³-hybridized carbons (Fsp3) is 0.458. The molecule has 6 nitrogen and oxygen atoms in total. The van der Waals surface area contributed by atoms with Gasteiger partial charge in [0.25, 0.3) is 5.91 Å². The number of hydrogen-bond donors (Lipinski definition) is 1. The Morgan fingerprint density at radius 1 is 1.16 bits per heavy atom. The van der Waals surface area contributed by atoms with Gasteiger partial charge < -0.3 is 19.5 Å². The van der Waals surface area contributed by atoms with Gasteiger partial charge in [-0.1, -0.05) is 23.7 Å². The molecule has 1 fully saturated rings. The van der Waals surface area contributed by atoms with Crippen LogP contribution in [-0.2, 0) is 11.3 Å². The molecule has 0 saturated carbocycles. The van der Waals surface area contributed by atoms with E-state index in [1.165, 1.54) is 5.56 Å². The van der Waals surface area contributed by atoms with Crippen LogP contribution in [0.3, 0.4) is 0 Å². The van der Waals surface area contributed by atoms with Gasteiger partial charge in [0.2, 0.25) is 0 Å². The molecule has 0 radical (unpaired) electrons. The summed E-state index contributed by atoms with van der Waals surface area (Å²) >= 11 is 6.37. The molecule has 1 aliphatic heterocycles. The van der Waals surface area contributed by atoms with Crippen molar-refractivity contribution < 1.29 is 19.0 Å². The Kier molecular flexibility index (Phi) is 9.00. The molecular weight excluding hydrogens is 416 g/mol. The third-order valence-corrected chi connectivity index (χ3v) is 5.55. The number of methoxy groups -OCH3 is 1. The van der Waals surface area contributed by atoms with Crippen LogP contribution in [0.5, 0.6) is 11.5 Å². The first-order valence-electron chi connectivity index (χ1n) is 10.8. The second-order valence-corrected chi connectivity index (χ2v) is 7.97. The molecule has 0 aromatic heterocycles. The SMILES string of the molecule is CCOc1ccc(CN2CCC(Oc3ccc(C(=O)NCCOC)cc3Cl)CC2)cc1. The quantitative estimate of drug-likeness (QED) is 0.555. The number of nitrogens with one attached hydrogen (secondary N) is 1. The van der Waals surface area contributed by atoms with E-state index >= 15 is 0 Å². The summed E-state index contributed by atoms with van der Waals surface area (Å²) in [7, 11) is 1.60. The van der Waals surface area contributed by atoms with E-state index in [4.69, 9.17) is 25.8 Å². The normalized spacial score (nSPS) is 14.9. The molecule has 0 spiro atoms. The Morgan fingerprint density at radius 2 is 1.90 bits per heavy atom. The summed E-state index contributed by atoms with van der Waals surface area (Å²) in [6.45, 7) is 6.46. The molecule has 0 bridgehead atoms. The summed E-state index contributed by atoms with van der Waals surface area (Å²) in [5, 5.41) is 3.24. The third kappa shape index (κ3) is 7.13. The molecule has 2 aromatic rings. The highest BCUT2D eigenvalue weighted by Crippen LogP contribution is 2.29. The van der Waals surface area contributed by atoms with E-state index in [1.807, 2.05) is 19.1 Å². The van der Waals surface area contributed by atoms with Gasteiger partial charge in [-0.25, -0.2) is 0 Å². The van der Waals surface area contributed by atoms with Gasteiger partial charge in [0, 0.05) is 38.9 Å². The first-order chi connectivity index (χ1) is 15.1. The summed E-state index contributed by atoms with van der Waals surface area (Å²) in [5.41, 5.74) is 1.80. The molecule has 0 atom stereocenters. The van der Waals surface area contributed by atoms with E-state index in [1.54, 1.807) is 25.3 Å². The number of amides is 1. The fourth-order valence-electron chi connectivity index (χ4n) is 3.59. The van der Waals surface area contributed by atoms with Gasteiger partial charge in [0.1, 0.15) is 17.6 Å². The number of halogens is 1. The van der Waals surface area contributed by atoms with Crippen molar-refractivity contribution in [2.45, 2.75) is 32.4 Å². The van der Waals surface area contributed by atoms with Gasteiger partial charge in [-0.2, -0.15) is 0 Å². The highest BCUT2D eigenvalue weighted by atomic mass is 35.5.